The van der Waals surface area contributed by atoms with Crippen molar-refractivity contribution in [2.45, 2.75) is 17.4 Å². The van der Waals surface area contributed by atoms with Crippen LogP contribution in [0.3, 0.4) is 0 Å². The number of thioether (sulfide) groups is 1. The second kappa shape index (κ2) is 8.29. The van der Waals surface area contributed by atoms with Crippen LogP contribution in [0.1, 0.15) is 6.42 Å². The molecule has 1 heterocycles. The van der Waals surface area contributed by atoms with Gasteiger partial charge in [0.2, 0.25) is 0 Å². The summed E-state index contributed by atoms with van der Waals surface area (Å²) in [6.45, 7) is 2.84. The summed E-state index contributed by atoms with van der Waals surface area (Å²) in [4.78, 5) is 15.0. The molecule has 0 N–H and O–H groups in total. The Labute approximate surface area is 124 Å². The molecule has 1 fully saturated rings. The molecule has 0 aliphatic carbocycles. The lowest BCUT2D eigenvalue weighted by Gasteiger charge is -2.29. The first-order chi connectivity index (χ1) is 9.74. The molecular formula is C15H21NO3S. The van der Waals surface area contributed by atoms with Gasteiger partial charge in [0.05, 0.1) is 13.0 Å². The predicted molar refractivity (Wildman–Crippen MR) is 80.0 cm³/mol. The van der Waals surface area contributed by atoms with Crippen molar-refractivity contribution in [2.24, 2.45) is 0 Å². The lowest BCUT2D eigenvalue weighted by Crippen LogP contribution is -2.42. The summed E-state index contributed by atoms with van der Waals surface area (Å²) >= 11 is 1.67. The maximum absolute atomic E-state index is 11.7. The number of morpholine rings is 1. The lowest BCUT2D eigenvalue weighted by molar-refractivity contribution is -0.149. The molecule has 1 unspecified atom stereocenters. The Morgan fingerprint density at radius 1 is 1.45 bits per heavy atom. The number of likely N-dealkylation sites (N-methyl/N-ethyl adjacent to an activating group) is 1. The van der Waals surface area contributed by atoms with Crippen molar-refractivity contribution in [3.8, 4) is 0 Å². The Kier molecular flexibility index (Phi) is 6.36. The molecule has 0 radical (unpaired) electrons. The fourth-order valence-electron chi connectivity index (χ4n) is 1.99. The van der Waals surface area contributed by atoms with E-state index in [9.17, 15) is 4.79 Å². The van der Waals surface area contributed by atoms with Gasteiger partial charge in [0.1, 0.15) is 12.7 Å². The summed E-state index contributed by atoms with van der Waals surface area (Å²) in [7, 11) is 2.05. The van der Waals surface area contributed by atoms with Gasteiger partial charge >= 0.3 is 5.97 Å². The van der Waals surface area contributed by atoms with Crippen LogP contribution in [0, 0.1) is 0 Å². The molecule has 0 spiro atoms. The number of benzene rings is 1. The third-order valence-corrected chi connectivity index (χ3v) is 4.10. The Bertz CT molecular complexity index is 413. The van der Waals surface area contributed by atoms with Crippen LogP contribution in [0.5, 0.6) is 0 Å². The molecule has 1 aromatic carbocycles. The van der Waals surface area contributed by atoms with E-state index in [0.29, 0.717) is 19.6 Å². The van der Waals surface area contributed by atoms with Crippen molar-refractivity contribution >= 4 is 17.7 Å². The molecule has 2 rings (SSSR count). The number of ether oxygens (including phenoxy) is 2. The smallest absolute Gasteiger partial charge is 0.306 e. The second-order valence-electron chi connectivity index (χ2n) is 4.85. The average Bonchev–Trinajstić information content (AvgIpc) is 2.46. The van der Waals surface area contributed by atoms with Gasteiger partial charge in [0.25, 0.3) is 0 Å². The van der Waals surface area contributed by atoms with Gasteiger partial charge in [0.15, 0.2) is 0 Å². The van der Waals surface area contributed by atoms with Gasteiger partial charge in [-0.1, -0.05) is 18.2 Å². The summed E-state index contributed by atoms with van der Waals surface area (Å²) in [6, 6.07) is 10.1. The highest BCUT2D eigenvalue weighted by Crippen LogP contribution is 2.17. The lowest BCUT2D eigenvalue weighted by atomic mass is 10.3. The van der Waals surface area contributed by atoms with E-state index in [4.69, 9.17) is 9.47 Å². The second-order valence-corrected chi connectivity index (χ2v) is 6.02. The first kappa shape index (κ1) is 15.4. The Hall–Kier alpha value is -1.04. The number of rotatable bonds is 6. The maximum Gasteiger partial charge on any atom is 0.306 e. The minimum absolute atomic E-state index is 0.0134. The van der Waals surface area contributed by atoms with Crippen molar-refractivity contribution < 1.29 is 14.3 Å². The highest BCUT2D eigenvalue weighted by atomic mass is 32.2. The van der Waals surface area contributed by atoms with E-state index in [1.807, 2.05) is 37.4 Å². The molecule has 0 aromatic heterocycles. The first-order valence-corrected chi connectivity index (χ1v) is 7.86. The average molecular weight is 295 g/mol. The highest BCUT2D eigenvalue weighted by Gasteiger charge is 2.19. The molecule has 1 aliphatic heterocycles. The molecule has 1 aromatic rings. The normalized spacial score (nSPS) is 19.8. The van der Waals surface area contributed by atoms with Crippen LogP contribution in [0.2, 0.25) is 0 Å². The van der Waals surface area contributed by atoms with Crippen LogP contribution in [0.15, 0.2) is 35.2 Å². The van der Waals surface area contributed by atoms with Gasteiger partial charge in [-0.25, -0.2) is 0 Å². The number of esters is 1. The standard InChI is InChI=1S/C15H21NO3S/c1-16-8-9-18-13(11-16)12-19-15(17)7-10-20-14-5-3-2-4-6-14/h2-6,13H,7-12H2,1H3. The van der Waals surface area contributed by atoms with Crippen LogP contribution in [0.25, 0.3) is 0 Å². The fraction of sp³-hybridized carbons (Fsp3) is 0.533. The number of nitrogens with zero attached hydrogens (tertiary/aromatic N) is 1. The van der Waals surface area contributed by atoms with Gasteiger partial charge in [-0.3, -0.25) is 4.79 Å². The summed E-state index contributed by atoms with van der Waals surface area (Å²) in [5.74, 6) is 0.596. The zero-order valence-corrected chi connectivity index (χ0v) is 12.6. The van der Waals surface area contributed by atoms with E-state index in [0.717, 1.165) is 18.8 Å². The first-order valence-electron chi connectivity index (χ1n) is 6.87. The Morgan fingerprint density at radius 3 is 3.00 bits per heavy atom. The third kappa shape index (κ3) is 5.53. The van der Waals surface area contributed by atoms with Gasteiger partial charge in [-0.15, -0.1) is 11.8 Å². The molecule has 20 heavy (non-hydrogen) atoms. The topological polar surface area (TPSA) is 38.8 Å². The predicted octanol–water partition coefficient (Wildman–Crippen LogP) is 2.04. The summed E-state index contributed by atoms with van der Waals surface area (Å²) in [5.41, 5.74) is 0. The SMILES string of the molecule is CN1CCOC(COC(=O)CCSc2ccccc2)C1. The number of hydrogen-bond acceptors (Lipinski definition) is 5. The summed E-state index contributed by atoms with van der Waals surface area (Å²) < 4.78 is 10.8. The fourth-order valence-corrected chi connectivity index (χ4v) is 2.85. The van der Waals surface area contributed by atoms with E-state index in [1.165, 1.54) is 4.90 Å². The van der Waals surface area contributed by atoms with Crippen LogP contribution in [-0.2, 0) is 14.3 Å². The molecule has 4 nitrogen and oxygen atoms in total. The van der Waals surface area contributed by atoms with Crippen molar-refractivity contribution in [1.29, 1.82) is 0 Å². The molecule has 0 saturated carbocycles. The Balaban J connectivity index is 1.58. The van der Waals surface area contributed by atoms with Crippen molar-refractivity contribution in [2.75, 3.05) is 39.1 Å². The van der Waals surface area contributed by atoms with Crippen molar-refractivity contribution in [1.82, 2.24) is 4.90 Å². The van der Waals surface area contributed by atoms with Gasteiger partial charge in [0, 0.05) is 23.7 Å². The monoisotopic (exact) mass is 295 g/mol. The molecule has 5 heteroatoms. The molecule has 1 aliphatic rings. The highest BCUT2D eigenvalue weighted by molar-refractivity contribution is 7.99. The third-order valence-electron chi connectivity index (χ3n) is 3.09. The van der Waals surface area contributed by atoms with Gasteiger partial charge in [-0.05, 0) is 19.2 Å². The van der Waals surface area contributed by atoms with Gasteiger partial charge < -0.3 is 14.4 Å². The van der Waals surface area contributed by atoms with Crippen LogP contribution >= 0.6 is 11.8 Å². The zero-order chi connectivity index (χ0) is 14.2. The zero-order valence-electron chi connectivity index (χ0n) is 11.8. The number of carbonyl (C=O) groups excluding carboxylic acids is 1. The molecular weight excluding hydrogens is 274 g/mol. The molecule has 110 valence electrons. The minimum atomic E-state index is -0.148. The van der Waals surface area contributed by atoms with Crippen LogP contribution < -0.4 is 0 Å². The largest absolute Gasteiger partial charge is 0.463 e. The van der Waals surface area contributed by atoms with Crippen molar-refractivity contribution in [3.05, 3.63) is 30.3 Å². The van der Waals surface area contributed by atoms with E-state index in [-0.39, 0.29) is 12.1 Å². The maximum atomic E-state index is 11.7. The van der Waals surface area contributed by atoms with Crippen LogP contribution in [-0.4, -0.2) is 56.1 Å². The minimum Gasteiger partial charge on any atom is -0.463 e. The molecule has 0 amide bonds. The van der Waals surface area contributed by atoms with E-state index in [2.05, 4.69) is 4.90 Å². The summed E-state index contributed by atoms with van der Waals surface area (Å²) in [6.07, 6.45) is 0.446. The van der Waals surface area contributed by atoms with Crippen molar-refractivity contribution in [3.63, 3.8) is 0 Å². The number of hydrogen-bond donors (Lipinski definition) is 0. The Morgan fingerprint density at radius 2 is 2.25 bits per heavy atom. The van der Waals surface area contributed by atoms with Crippen LogP contribution in [0.4, 0.5) is 0 Å². The van der Waals surface area contributed by atoms with Gasteiger partial charge in [-0.2, -0.15) is 0 Å². The number of carbonyl (C=O) groups is 1. The van der Waals surface area contributed by atoms with E-state index in [1.54, 1.807) is 11.8 Å². The molecule has 1 saturated heterocycles. The summed E-state index contributed by atoms with van der Waals surface area (Å²) in [5, 5.41) is 0. The molecule has 1 atom stereocenters. The van der Waals surface area contributed by atoms with E-state index < -0.39 is 0 Å². The van der Waals surface area contributed by atoms with E-state index >= 15 is 0 Å². The quantitative estimate of drug-likeness (QED) is 0.593. The molecule has 0 bridgehead atoms.